The molecule has 0 unspecified atom stereocenters. The fourth-order valence-corrected chi connectivity index (χ4v) is 2.28. The summed E-state index contributed by atoms with van der Waals surface area (Å²) in [5.74, 6) is 0. The van der Waals surface area contributed by atoms with Gasteiger partial charge in [0.05, 0.1) is 0 Å². The fourth-order valence-electron chi connectivity index (χ4n) is 2.28. The minimum absolute atomic E-state index is 0.729. The van der Waals surface area contributed by atoms with E-state index in [0.717, 1.165) is 22.3 Å². The standard InChI is InChI=1S/C16H18O2/c1-11-7-6-8-12(2)14(11)16(18)15(17)13-9-4-3-5-10-13/h3-10,15-18H,1-2H3/t15-,16-/m1/s1. The number of rotatable bonds is 3. The first-order valence-electron chi connectivity index (χ1n) is 6.08. The largest absolute Gasteiger partial charge is 0.385 e. The smallest absolute Gasteiger partial charge is 0.110 e. The molecular weight excluding hydrogens is 224 g/mol. The normalized spacial score (nSPS) is 14.2. The van der Waals surface area contributed by atoms with Crippen molar-refractivity contribution in [1.82, 2.24) is 0 Å². The van der Waals surface area contributed by atoms with E-state index in [1.54, 1.807) is 0 Å². The van der Waals surface area contributed by atoms with Crippen LogP contribution in [0.5, 0.6) is 0 Å². The maximum absolute atomic E-state index is 10.4. The molecule has 0 heterocycles. The summed E-state index contributed by atoms with van der Waals surface area (Å²) in [7, 11) is 0. The molecule has 2 rings (SSSR count). The zero-order valence-electron chi connectivity index (χ0n) is 10.7. The van der Waals surface area contributed by atoms with Crippen molar-refractivity contribution in [1.29, 1.82) is 0 Å². The molecule has 0 saturated carbocycles. The summed E-state index contributed by atoms with van der Waals surface area (Å²) >= 11 is 0. The summed E-state index contributed by atoms with van der Waals surface area (Å²) in [4.78, 5) is 0. The Hall–Kier alpha value is -1.64. The predicted octanol–water partition coefficient (Wildman–Crippen LogP) is 3.07. The quantitative estimate of drug-likeness (QED) is 0.868. The van der Waals surface area contributed by atoms with Gasteiger partial charge in [-0.25, -0.2) is 0 Å². The molecule has 0 bridgehead atoms. The Morgan fingerprint density at radius 1 is 0.722 bits per heavy atom. The summed E-state index contributed by atoms with van der Waals surface area (Å²) in [5.41, 5.74) is 3.54. The molecular formula is C16H18O2. The van der Waals surface area contributed by atoms with Crippen LogP contribution in [0, 0.1) is 13.8 Å². The van der Waals surface area contributed by atoms with Crippen LogP contribution >= 0.6 is 0 Å². The maximum Gasteiger partial charge on any atom is 0.110 e. The van der Waals surface area contributed by atoms with Crippen molar-refractivity contribution in [2.75, 3.05) is 0 Å². The van der Waals surface area contributed by atoms with E-state index in [1.807, 2.05) is 62.4 Å². The molecule has 2 aromatic rings. The van der Waals surface area contributed by atoms with E-state index in [9.17, 15) is 10.2 Å². The van der Waals surface area contributed by atoms with Gasteiger partial charge in [-0.05, 0) is 36.1 Å². The molecule has 0 fully saturated rings. The summed E-state index contributed by atoms with van der Waals surface area (Å²) < 4.78 is 0. The average molecular weight is 242 g/mol. The van der Waals surface area contributed by atoms with Gasteiger partial charge in [-0.2, -0.15) is 0 Å². The first kappa shape index (κ1) is 12.8. The van der Waals surface area contributed by atoms with Crippen molar-refractivity contribution in [2.45, 2.75) is 26.1 Å². The lowest BCUT2D eigenvalue weighted by molar-refractivity contribution is 0.0165. The Kier molecular flexibility index (Phi) is 3.80. The Balaban J connectivity index is 2.34. The van der Waals surface area contributed by atoms with Crippen molar-refractivity contribution in [3.63, 3.8) is 0 Å². The van der Waals surface area contributed by atoms with Crippen molar-refractivity contribution in [3.8, 4) is 0 Å². The first-order chi connectivity index (χ1) is 8.61. The van der Waals surface area contributed by atoms with Crippen LogP contribution in [-0.4, -0.2) is 10.2 Å². The molecule has 0 spiro atoms. The molecule has 0 amide bonds. The van der Waals surface area contributed by atoms with Crippen LogP contribution in [0.15, 0.2) is 48.5 Å². The van der Waals surface area contributed by atoms with Crippen LogP contribution in [0.3, 0.4) is 0 Å². The van der Waals surface area contributed by atoms with Gasteiger partial charge < -0.3 is 10.2 Å². The Morgan fingerprint density at radius 3 is 1.83 bits per heavy atom. The van der Waals surface area contributed by atoms with Crippen LogP contribution in [0.25, 0.3) is 0 Å². The van der Waals surface area contributed by atoms with Gasteiger partial charge in [0.2, 0.25) is 0 Å². The van der Waals surface area contributed by atoms with Crippen molar-refractivity contribution >= 4 is 0 Å². The van der Waals surface area contributed by atoms with E-state index >= 15 is 0 Å². The number of aryl methyl sites for hydroxylation is 2. The van der Waals surface area contributed by atoms with E-state index < -0.39 is 12.2 Å². The number of hydrogen-bond donors (Lipinski definition) is 2. The van der Waals surface area contributed by atoms with Crippen molar-refractivity contribution in [3.05, 3.63) is 70.8 Å². The van der Waals surface area contributed by atoms with Gasteiger partial charge in [0, 0.05) is 0 Å². The SMILES string of the molecule is Cc1cccc(C)c1[C@@H](O)[C@H](O)c1ccccc1. The van der Waals surface area contributed by atoms with E-state index in [4.69, 9.17) is 0 Å². The first-order valence-corrected chi connectivity index (χ1v) is 6.08. The molecule has 2 heteroatoms. The van der Waals surface area contributed by atoms with E-state index in [-0.39, 0.29) is 0 Å². The van der Waals surface area contributed by atoms with Gasteiger partial charge in [-0.3, -0.25) is 0 Å². The molecule has 0 radical (unpaired) electrons. The van der Waals surface area contributed by atoms with Crippen LogP contribution in [-0.2, 0) is 0 Å². The monoisotopic (exact) mass is 242 g/mol. The maximum atomic E-state index is 10.4. The van der Waals surface area contributed by atoms with Crippen molar-refractivity contribution < 1.29 is 10.2 Å². The lowest BCUT2D eigenvalue weighted by Crippen LogP contribution is -2.12. The number of hydrogen-bond acceptors (Lipinski definition) is 2. The highest BCUT2D eigenvalue weighted by Gasteiger charge is 2.22. The number of aliphatic hydroxyl groups is 2. The van der Waals surface area contributed by atoms with Gasteiger partial charge in [0.25, 0.3) is 0 Å². The van der Waals surface area contributed by atoms with Gasteiger partial charge >= 0.3 is 0 Å². The van der Waals surface area contributed by atoms with Crippen LogP contribution in [0.4, 0.5) is 0 Å². The van der Waals surface area contributed by atoms with Gasteiger partial charge in [-0.15, -0.1) is 0 Å². The van der Waals surface area contributed by atoms with Gasteiger partial charge in [-0.1, -0.05) is 48.5 Å². The Morgan fingerprint density at radius 2 is 1.28 bits per heavy atom. The molecule has 2 N–H and O–H groups in total. The Bertz CT molecular complexity index is 500. The van der Waals surface area contributed by atoms with Gasteiger partial charge in [0.1, 0.15) is 12.2 Å². The van der Waals surface area contributed by atoms with Crippen LogP contribution in [0.1, 0.15) is 34.5 Å². The summed E-state index contributed by atoms with van der Waals surface area (Å²) in [6.07, 6.45) is -1.79. The fraction of sp³-hybridized carbons (Fsp3) is 0.250. The minimum atomic E-state index is -0.897. The second-order valence-corrected chi connectivity index (χ2v) is 4.61. The molecule has 0 aromatic heterocycles. The lowest BCUT2D eigenvalue weighted by atomic mass is 9.92. The number of benzene rings is 2. The third kappa shape index (κ3) is 2.45. The molecule has 2 nitrogen and oxygen atoms in total. The summed E-state index contributed by atoms with van der Waals surface area (Å²) in [6, 6.07) is 15.1. The number of aliphatic hydroxyl groups excluding tert-OH is 2. The zero-order chi connectivity index (χ0) is 13.1. The van der Waals surface area contributed by atoms with Crippen molar-refractivity contribution in [2.24, 2.45) is 0 Å². The third-order valence-corrected chi connectivity index (χ3v) is 3.28. The highest BCUT2D eigenvalue weighted by molar-refractivity contribution is 5.37. The Labute approximate surface area is 108 Å². The molecule has 94 valence electrons. The van der Waals surface area contributed by atoms with Crippen LogP contribution in [0.2, 0.25) is 0 Å². The highest BCUT2D eigenvalue weighted by Crippen LogP contribution is 2.32. The van der Waals surface area contributed by atoms with E-state index in [1.165, 1.54) is 0 Å². The third-order valence-electron chi connectivity index (χ3n) is 3.28. The molecule has 0 aliphatic heterocycles. The average Bonchev–Trinajstić information content (AvgIpc) is 2.38. The molecule has 2 atom stereocenters. The minimum Gasteiger partial charge on any atom is -0.385 e. The molecule has 0 saturated heterocycles. The molecule has 0 aliphatic rings. The predicted molar refractivity (Wildman–Crippen MR) is 72.3 cm³/mol. The van der Waals surface area contributed by atoms with Crippen LogP contribution < -0.4 is 0 Å². The molecule has 2 aromatic carbocycles. The highest BCUT2D eigenvalue weighted by atomic mass is 16.3. The molecule has 18 heavy (non-hydrogen) atoms. The summed E-state index contributed by atoms with van der Waals surface area (Å²) in [6.45, 7) is 3.90. The van der Waals surface area contributed by atoms with E-state index in [2.05, 4.69) is 0 Å². The second kappa shape index (κ2) is 5.34. The van der Waals surface area contributed by atoms with Gasteiger partial charge in [0.15, 0.2) is 0 Å². The second-order valence-electron chi connectivity index (χ2n) is 4.61. The van der Waals surface area contributed by atoms with E-state index in [0.29, 0.717) is 0 Å². The topological polar surface area (TPSA) is 40.5 Å². The molecule has 0 aliphatic carbocycles. The summed E-state index contributed by atoms with van der Waals surface area (Å²) in [5, 5.41) is 20.6. The zero-order valence-corrected chi connectivity index (χ0v) is 10.7. The lowest BCUT2D eigenvalue weighted by Gasteiger charge is -2.22.